The molecule has 2 rings (SSSR count). The van der Waals surface area contributed by atoms with E-state index in [4.69, 9.17) is 15.2 Å². The molecule has 0 atom stereocenters. The number of para-hydroxylation sites is 1. The summed E-state index contributed by atoms with van der Waals surface area (Å²) in [6.45, 7) is 0.995. The highest BCUT2D eigenvalue weighted by Crippen LogP contribution is 2.41. The van der Waals surface area contributed by atoms with Gasteiger partial charge in [0.2, 0.25) is 0 Å². The maximum Gasteiger partial charge on any atom is 0.339 e. The highest BCUT2D eigenvalue weighted by molar-refractivity contribution is 5.92. The largest absolute Gasteiger partial charge is 0.493 e. The molecule has 1 aliphatic rings. The third kappa shape index (κ3) is 2.66. The minimum absolute atomic E-state index is 0.00335. The molecule has 0 saturated heterocycles. The predicted molar refractivity (Wildman–Crippen MR) is 70.8 cm³/mol. The van der Waals surface area contributed by atoms with Crippen LogP contribution in [0.1, 0.15) is 29.6 Å². The number of aromatic carboxylic acids is 1. The number of carbonyl (C=O) groups is 1. The SMILES string of the molecule is COc1cccc(C(=O)O)c1OCC1(CN)CCC1. The van der Waals surface area contributed by atoms with E-state index in [1.165, 1.54) is 13.2 Å². The van der Waals surface area contributed by atoms with Gasteiger partial charge in [0, 0.05) is 12.0 Å². The molecule has 1 saturated carbocycles. The lowest BCUT2D eigenvalue weighted by atomic mass is 9.69. The Kier molecular flexibility index (Phi) is 3.95. The quantitative estimate of drug-likeness (QED) is 0.821. The molecule has 0 amide bonds. The van der Waals surface area contributed by atoms with Crippen LogP contribution in [0.2, 0.25) is 0 Å². The molecular weight excluding hydrogens is 246 g/mol. The van der Waals surface area contributed by atoms with Crippen molar-refractivity contribution < 1.29 is 19.4 Å². The molecule has 0 heterocycles. The Balaban J connectivity index is 2.20. The van der Waals surface area contributed by atoms with Gasteiger partial charge < -0.3 is 20.3 Å². The molecule has 0 aliphatic heterocycles. The van der Waals surface area contributed by atoms with Crippen LogP contribution in [0.15, 0.2) is 18.2 Å². The Hall–Kier alpha value is -1.75. The fourth-order valence-electron chi connectivity index (χ4n) is 2.30. The number of carboxylic acids is 1. The first-order valence-corrected chi connectivity index (χ1v) is 6.35. The maximum absolute atomic E-state index is 11.2. The van der Waals surface area contributed by atoms with E-state index < -0.39 is 5.97 Å². The first-order valence-electron chi connectivity index (χ1n) is 6.35. The van der Waals surface area contributed by atoms with Crippen molar-refractivity contribution in [1.82, 2.24) is 0 Å². The van der Waals surface area contributed by atoms with Gasteiger partial charge in [-0.2, -0.15) is 0 Å². The summed E-state index contributed by atoms with van der Waals surface area (Å²) in [5.41, 5.74) is 5.89. The Labute approximate surface area is 112 Å². The average molecular weight is 265 g/mol. The zero-order valence-corrected chi connectivity index (χ0v) is 11.0. The number of hydrogen-bond acceptors (Lipinski definition) is 4. The van der Waals surface area contributed by atoms with E-state index in [-0.39, 0.29) is 16.7 Å². The fourth-order valence-corrected chi connectivity index (χ4v) is 2.30. The van der Waals surface area contributed by atoms with E-state index in [0.717, 1.165) is 19.3 Å². The average Bonchev–Trinajstić information content (AvgIpc) is 2.37. The van der Waals surface area contributed by atoms with E-state index in [9.17, 15) is 9.90 Å². The highest BCUT2D eigenvalue weighted by atomic mass is 16.5. The zero-order chi connectivity index (χ0) is 13.9. The lowest BCUT2D eigenvalue weighted by Gasteiger charge is -2.40. The van der Waals surface area contributed by atoms with Gasteiger partial charge in [-0.1, -0.05) is 12.5 Å². The van der Waals surface area contributed by atoms with Gasteiger partial charge in [-0.15, -0.1) is 0 Å². The third-order valence-electron chi connectivity index (χ3n) is 3.80. The zero-order valence-electron chi connectivity index (χ0n) is 11.0. The number of methoxy groups -OCH3 is 1. The summed E-state index contributed by atoms with van der Waals surface area (Å²) < 4.78 is 10.9. The van der Waals surface area contributed by atoms with Crippen molar-refractivity contribution in [3.8, 4) is 11.5 Å². The molecule has 5 nitrogen and oxygen atoms in total. The fraction of sp³-hybridized carbons (Fsp3) is 0.500. The topological polar surface area (TPSA) is 81.8 Å². The first kappa shape index (κ1) is 13.7. The summed E-state index contributed by atoms with van der Waals surface area (Å²) in [5.74, 6) is -0.298. The molecule has 1 fully saturated rings. The van der Waals surface area contributed by atoms with Crippen LogP contribution in [0, 0.1) is 5.41 Å². The normalized spacial score (nSPS) is 16.5. The van der Waals surface area contributed by atoms with Crippen LogP contribution in [0.25, 0.3) is 0 Å². The molecule has 3 N–H and O–H groups in total. The van der Waals surface area contributed by atoms with E-state index in [2.05, 4.69) is 0 Å². The van der Waals surface area contributed by atoms with Crippen LogP contribution in [0.4, 0.5) is 0 Å². The van der Waals surface area contributed by atoms with Crippen molar-refractivity contribution >= 4 is 5.97 Å². The molecule has 0 unspecified atom stereocenters. The van der Waals surface area contributed by atoms with Crippen LogP contribution in [-0.4, -0.2) is 31.3 Å². The summed E-state index contributed by atoms with van der Waals surface area (Å²) in [7, 11) is 1.50. The number of rotatable bonds is 6. The van der Waals surface area contributed by atoms with Crippen molar-refractivity contribution in [1.29, 1.82) is 0 Å². The molecule has 104 valence electrons. The number of hydrogen-bond donors (Lipinski definition) is 2. The van der Waals surface area contributed by atoms with Gasteiger partial charge in [-0.05, 0) is 25.0 Å². The summed E-state index contributed by atoms with van der Waals surface area (Å²) in [4.78, 5) is 11.2. The van der Waals surface area contributed by atoms with Crippen molar-refractivity contribution in [3.63, 3.8) is 0 Å². The smallest absolute Gasteiger partial charge is 0.339 e. The Bertz CT molecular complexity index is 463. The minimum atomic E-state index is -1.02. The minimum Gasteiger partial charge on any atom is -0.493 e. The van der Waals surface area contributed by atoms with Gasteiger partial charge in [0.05, 0.1) is 13.7 Å². The number of nitrogens with two attached hydrogens (primary N) is 1. The summed E-state index contributed by atoms with van der Waals surface area (Å²) in [6.07, 6.45) is 3.21. The van der Waals surface area contributed by atoms with E-state index in [0.29, 0.717) is 18.9 Å². The van der Waals surface area contributed by atoms with E-state index in [1.807, 2.05) is 0 Å². The van der Waals surface area contributed by atoms with Crippen molar-refractivity contribution in [2.75, 3.05) is 20.3 Å². The van der Waals surface area contributed by atoms with Gasteiger partial charge in [-0.25, -0.2) is 4.79 Å². The second kappa shape index (κ2) is 5.48. The molecule has 1 aliphatic carbocycles. The van der Waals surface area contributed by atoms with Gasteiger partial charge in [0.1, 0.15) is 5.56 Å². The van der Waals surface area contributed by atoms with Crippen LogP contribution < -0.4 is 15.2 Å². The second-order valence-electron chi connectivity index (χ2n) is 4.99. The molecule has 1 aromatic rings. The monoisotopic (exact) mass is 265 g/mol. The lowest BCUT2D eigenvalue weighted by molar-refractivity contribution is 0.0600. The van der Waals surface area contributed by atoms with Gasteiger partial charge in [0.25, 0.3) is 0 Å². The molecular formula is C14H19NO4. The van der Waals surface area contributed by atoms with Crippen LogP contribution in [0.3, 0.4) is 0 Å². The van der Waals surface area contributed by atoms with E-state index >= 15 is 0 Å². The van der Waals surface area contributed by atoms with Crippen LogP contribution in [0.5, 0.6) is 11.5 Å². The molecule has 5 heteroatoms. The van der Waals surface area contributed by atoms with Crippen molar-refractivity contribution in [2.45, 2.75) is 19.3 Å². The van der Waals surface area contributed by atoms with Crippen molar-refractivity contribution in [2.24, 2.45) is 11.1 Å². The highest BCUT2D eigenvalue weighted by Gasteiger charge is 2.37. The van der Waals surface area contributed by atoms with Crippen LogP contribution in [-0.2, 0) is 0 Å². The second-order valence-corrected chi connectivity index (χ2v) is 4.99. The van der Waals surface area contributed by atoms with Gasteiger partial charge >= 0.3 is 5.97 Å². The lowest BCUT2D eigenvalue weighted by Crippen LogP contribution is -2.42. The molecule has 0 aromatic heterocycles. The van der Waals surface area contributed by atoms with Crippen LogP contribution >= 0.6 is 0 Å². The summed E-state index contributed by atoms with van der Waals surface area (Å²) >= 11 is 0. The third-order valence-corrected chi connectivity index (χ3v) is 3.80. The Morgan fingerprint density at radius 3 is 2.68 bits per heavy atom. The maximum atomic E-state index is 11.2. The molecule has 0 bridgehead atoms. The summed E-state index contributed by atoms with van der Waals surface area (Å²) in [6, 6.07) is 4.84. The Morgan fingerprint density at radius 1 is 1.47 bits per heavy atom. The first-order chi connectivity index (χ1) is 9.12. The number of carboxylic acid groups (broad SMARTS) is 1. The molecule has 19 heavy (non-hydrogen) atoms. The van der Waals surface area contributed by atoms with Gasteiger partial charge in [0.15, 0.2) is 11.5 Å². The van der Waals surface area contributed by atoms with Gasteiger partial charge in [-0.3, -0.25) is 0 Å². The van der Waals surface area contributed by atoms with E-state index in [1.54, 1.807) is 12.1 Å². The predicted octanol–water partition coefficient (Wildman–Crippen LogP) is 1.90. The summed E-state index contributed by atoms with van der Waals surface area (Å²) in [5, 5.41) is 9.18. The van der Waals surface area contributed by atoms with Crippen molar-refractivity contribution in [3.05, 3.63) is 23.8 Å². The standard InChI is InChI=1S/C14H19NO4/c1-18-11-5-2-4-10(13(16)17)12(11)19-9-14(8-15)6-3-7-14/h2,4-5H,3,6-9,15H2,1H3,(H,16,17). The number of benzene rings is 1. The molecule has 0 spiro atoms. The Morgan fingerprint density at radius 2 is 2.21 bits per heavy atom. The molecule has 0 radical (unpaired) electrons. The molecule has 1 aromatic carbocycles. The number of ether oxygens (including phenoxy) is 2.